The molecule has 1 atom stereocenters. The standard InChI is InChI=1S/C13H21NO2/c1-3-13(9-15)14-8-11-5-4-6-12(7-11)10-16-2/h4-7,13-15H,3,8-10H2,1-2H3. The summed E-state index contributed by atoms with van der Waals surface area (Å²) in [4.78, 5) is 0. The number of rotatable bonds is 7. The summed E-state index contributed by atoms with van der Waals surface area (Å²) in [6.45, 7) is 3.69. The number of ether oxygens (including phenoxy) is 1. The van der Waals surface area contributed by atoms with E-state index in [9.17, 15) is 0 Å². The molecule has 1 aromatic rings. The van der Waals surface area contributed by atoms with Crippen molar-refractivity contribution in [3.05, 3.63) is 35.4 Å². The van der Waals surface area contributed by atoms with Gasteiger partial charge in [0.15, 0.2) is 0 Å². The van der Waals surface area contributed by atoms with Gasteiger partial charge in [0.2, 0.25) is 0 Å². The normalized spacial score (nSPS) is 12.7. The molecule has 0 heterocycles. The van der Waals surface area contributed by atoms with E-state index in [-0.39, 0.29) is 12.6 Å². The van der Waals surface area contributed by atoms with Crippen LogP contribution in [0.5, 0.6) is 0 Å². The van der Waals surface area contributed by atoms with Gasteiger partial charge in [-0.2, -0.15) is 0 Å². The molecule has 0 bridgehead atoms. The Morgan fingerprint density at radius 2 is 2.12 bits per heavy atom. The predicted octanol–water partition coefficient (Wildman–Crippen LogP) is 1.69. The van der Waals surface area contributed by atoms with E-state index in [1.807, 2.05) is 6.07 Å². The summed E-state index contributed by atoms with van der Waals surface area (Å²) in [5.74, 6) is 0. The van der Waals surface area contributed by atoms with Crippen LogP contribution in [-0.4, -0.2) is 24.9 Å². The molecule has 0 amide bonds. The molecule has 3 nitrogen and oxygen atoms in total. The van der Waals surface area contributed by atoms with Gasteiger partial charge < -0.3 is 15.2 Å². The first kappa shape index (κ1) is 13.2. The van der Waals surface area contributed by atoms with Crippen LogP contribution in [0, 0.1) is 0 Å². The Morgan fingerprint density at radius 1 is 1.38 bits per heavy atom. The summed E-state index contributed by atoms with van der Waals surface area (Å²) in [7, 11) is 1.70. The van der Waals surface area contributed by atoms with Crippen LogP contribution in [0.2, 0.25) is 0 Å². The highest BCUT2D eigenvalue weighted by Gasteiger charge is 2.03. The molecule has 1 rings (SSSR count). The number of aliphatic hydroxyl groups is 1. The lowest BCUT2D eigenvalue weighted by atomic mass is 10.1. The molecule has 0 saturated carbocycles. The predicted molar refractivity (Wildman–Crippen MR) is 65.2 cm³/mol. The van der Waals surface area contributed by atoms with Gasteiger partial charge in [0.25, 0.3) is 0 Å². The number of aliphatic hydroxyl groups excluding tert-OH is 1. The zero-order chi connectivity index (χ0) is 11.8. The van der Waals surface area contributed by atoms with E-state index in [4.69, 9.17) is 9.84 Å². The molecule has 0 saturated heterocycles. The molecular weight excluding hydrogens is 202 g/mol. The van der Waals surface area contributed by atoms with E-state index in [0.29, 0.717) is 6.61 Å². The molecule has 0 fully saturated rings. The minimum Gasteiger partial charge on any atom is -0.395 e. The van der Waals surface area contributed by atoms with Crippen LogP contribution >= 0.6 is 0 Å². The Balaban J connectivity index is 2.49. The van der Waals surface area contributed by atoms with Crippen molar-refractivity contribution in [2.45, 2.75) is 32.5 Å². The number of methoxy groups -OCH3 is 1. The van der Waals surface area contributed by atoms with Gasteiger partial charge in [-0.1, -0.05) is 31.2 Å². The van der Waals surface area contributed by atoms with Gasteiger partial charge in [0.1, 0.15) is 0 Å². The summed E-state index contributed by atoms with van der Waals surface area (Å²) < 4.78 is 5.09. The molecule has 0 spiro atoms. The highest BCUT2D eigenvalue weighted by atomic mass is 16.5. The summed E-state index contributed by atoms with van der Waals surface area (Å²) in [6.07, 6.45) is 0.939. The fourth-order valence-electron chi connectivity index (χ4n) is 1.60. The van der Waals surface area contributed by atoms with Gasteiger partial charge >= 0.3 is 0 Å². The van der Waals surface area contributed by atoms with Gasteiger partial charge in [-0.15, -0.1) is 0 Å². The highest BCUT2D eigenvalue weighted by Crippen LogP contribution is 2.06. The summed E-state index contributed by atoms with van der Waals surface area (Å²) in [5.41, 5.74) is 2.40. The fraction of sp³-hybridized carbons (Fsp3) is 0.538. The average Bonchev–Trinajstić information content (AvgIpc) is 2.31. The monoisotopic (exact) mass is 223 g/mol. The maximum atomic E-state index is 9.06. The minimum atomic E-state index is 0.186. The molecule has 0 aliphatic rings. The quantitative estimate of drug-likeness (QED) is 0.739. The number of hydrogen-bond donors (Lipinski definition) is 2. The van der Waals surface area contributed by atoms with Crippen molar-refractivity contribution >= 4 is 0 Å². The largest absolute Gasteiger partial charge is 0.395 e. The molecule has 1 unspecified atom stereocenters. The smallest absolute Gasteiger partial charge is 0.0713 e. The van der Waals surface area contributed by atoms with Gasteiger partial charge in [-0.25, -0.2) is 0 Å². The van der Waals surface area contributed by atoms with E-state index >= 15 is 0 Å². The van der Waals surface area contributed by atoms with E-state index in [1.54, 1.807) is 7.11 Å². The molecule has 2 N–H and O–H groups in total. The first-order valence-electron chi connectivity index (χ1n) is 5.71. The van der Waals surface area contributed by atoms with Crippen LogP contribution in [0.1, 0.15) is 24.5 Å². The van der Waals surface area contributed by atoms with Crippen LogP contribution in [0.3, 0.4) is 0 Å². The van der Waals surface area contributed by atoms with Crippen molar-refractivity contribution in [2.75, 3.05) is 13.7 Å². The van der Waals surface area contributed by atoms with E-state index in [1.165, 1.54) is 11.1 Å². The van der Waals surface area contributed by atoms with Gasteiger partial charge in [0.05, 0.1) is 13.2 Å². The maximum absolute atomic E-state index is 9.06. The third-order valence-electron chi connectivity index (χ3n) is 2.61. The van der Waals surface area contributed by atoms with Crippen LogP contribution in [0.25, 0.3) is 0 Å². The topological polar surface area (TPSA) is 41.5 Å². The molecule has 0 aliphatic carbocycles. The van der Waals surface area contributed by atoms with Crippen LogP contribution in [0.4, 0.5) is 0 Å². The lowest BCUT2D eigenvalue weighted by molar-refractivity contribution is 0.185. The molecule has 0 aliphatic heterocycles. The molecule has 0 aromatic heterocycles. The van der Waals surface area contributed by atoms with Crippen molar-refractivity contribution in [2.24, 2.45) is 0 Å². The third kappa shape index (κ3) is 4.31. The maximum Gasteiger partial charge on any atom is 0.0713 e. The van der Waals surface area contributed by atoms with Crippen molar-refractivity contribution in [3.63, 3.8) is 0 Å². The molecule has 0 radical (unpaired) electrons. The van der Waals surface area contributed by atoms with E-state index in [2.05, 4.69) is 30.4 Å². The molecule has 16 heavy (non-hydrogen) atoms. The second kappa shape index (κ2) is 7.39. The minimum absolute atomic E-state index is 0.186. The zero-order valence-corrected chi connectivity index (χ0v) is 10.1. The summed E-state index contributed by atoms with van der Waals surface area (Å²) in [6, 6.07) is 8.48. The molecule has 1 aromatic carbocycles. The van der Waals surface area contributed by atoms with Crippen LogP contribution in [-0.2, 0) is 17.9 Å². The first-order valence-corrected chi connectivity index (χ1v) is 5.71. The first-order chi connectivity index (χ1) is 7.80. The van der Waals surface area contributed by atoms with Crippen molar-refractivity contribution in [1.29, 1.82) is 0 Å². The van der Waals surface area contributed by atoms with Crippen LogP contribution < -0.4 is 5.32 Å². The number of benzene rings is 1. The van der Waals surface area contributed by atoms with Crippen LogP contribution in [0.15, 0.2) is 24.3 Å². The second-order valence-corrected chi connectivity index (χ2v) is 3.92. The lowest BCUT2D eigenvalue weighted by Crippen LogP contribution is -2.31. The number of hydrogen-bond acceptors (Lipinski definition) is 3. The Morgan fingerprint density at radius 3 is 2.75 bits per heavy atom. The Hall–Kier alpha value is -0.900. The molecule has 90 valence electrons. The zero-order valence-electron chi connectivity index (χ0n) is 10.1. The van der Waals surface area contributed by atoms with Crippen molar-refractivity contribution in [3.8, 4) is 0 Å². The highest BCUT2D eigenvalue weighted by molar-refractivity contribution is 5.22. The van der Waals surface area contributed by atoms with Gasteiger partial charge in [0, 0.05) is 19.7 Å². The fourth-order valence-corrected chi connectivity index (χ4v) is 1.60. The Kier molecular flexibility index (Phi) is 6.08. The van der Waals surface area contributed by atoms with Crippen molar-refractivity contribution < 1.29 is 9.84 Å². The number of nitrogens with one attached hydrogen (secondary N) is 1. The van der Waals surface area contributed by atoms with Gasteiger partial charge in [-0.05, 0) is 17.5 Å². The Bertz CT molecular complexity index is 298. The summed E-state index contributed by atoms with van der Waals surface area (Å²) in [5, 5.41) is 12.4. The Labute approximate surface area is 97.4 Å². The third-order valence-corrected chi connectivity index (χ3v) is 2.61. The molecular formula is C13H21NO2. The molecule has 3 heteroatoms. The van der Waals surface area contributed by atoms with Crippen molar-refractivity contribution in [1.82, 2.24) is 5.32 Å². The lowest BCUT2D eigenvalue weighted by Gasteiger charge is -2.14. The van der Waals surface area contributed by atoms with E-state index < -0.39 is 0 Å². The second-order valence-electron chi connectivity index (χ2n) is 3.92. The van der Waals surface area contributed by atoms with E-state index in [0.717, 1.165) is 13.0 Å². The summed E-state index contributed by atoms with van der Waals surface area (Å²) >= 11 is 0. The average molecular weight is 223 g/mol. The SMILES string of the molecule is CCC(CO)NCc1cccc(COC)c1. The van der Waals surface area contributed by atoms with Gasteiger partial charge in [-0.3, -0.25) is 0 Å².